The Bertz CT molecular complexity index is 7610. The number of para-hydroxylation sites is 6. The van der Waals surface area contributed by atoms with Gasteiger partial charge in [0, 0.05) is 65.5 Å². The summed E-state index contributed by atoms with van der Waals surface area (Å²) in [4.78, 5) is 0. The van der Waals surface area contributed by atoms with E-state index < -0.39 is 0 Å². The van der Waals surface area contributed by atoms with Crippen LogP contribution in [0.2, 0.25) is 0 Å². The summed E-state index contributed by atoms with van der Waals surface area (Å²) in [5.74, 6) is 0. The Kier molecular flexibility index (Phi) is 14.0. The van der Waals surface area contributed by atoms with E-state index in [-0.39, 0.29) is 0 Å². The molecule has 0 aliphatic carbocycles. The maximum atomic E-state index is 2.47. The smallest absolute Gasteiger partial charge is 0.0541 e. The highest BCUT2D eigenvalue weighted by Gasteiger charge is 2.22. The Balaban J connectivity index is 0.000000134. The van der Waals surface area contributed by atoms with Crippen LogP contribution in [-0.2, 0) is 0 Å². The average Bonchev–Trinajstić information content (AvgIpc) is 1.46. The highest BCUT2D eigenvalue weighted by Crippen LogP contribution is 2.45. The molecule has 0 bridgehead atoms. The van der Waals surface area contributed by atoms with Gasteiger partial charge in [0.2, 0.25) is 0 Å². The molecule has 0 saturated carbocycles. The van der Waals surface area contributed by atoms with E-state index in [1.54, 1.807) is 0 Å². The lowest BCUT2D eigenvalue weighted by Crippen LogP contribution is -1.96. The molecule has 0 unspecified atom stereocenters. The van der Waals surface area contributed by atoms with Crippen LogP contribution in [-0.4, -0.2) is 18.3 Å². The number of nitrogens with zero attached hydrogens (tertiary/aromatic N) is 4. The van der Waals surface area contributed by atoms with Gasteiger partial charge in [-0.2, -0.15) is 0 Å². The van der Waals surface area contributed by atoms with Crippen molar-refractivity contribution in [2.75, 3.05) is 0 Å². The summed E-state index contributed by atoms with van der Waals surface area (Å²) < 4.78 is 9.64. The molecule has 19 aromatic carbocycles. The van der Waals surface area contributed by atoms with Crippen LogP contribution in [0, 0.1) is 0 Å². The first-order chi connectivity index (χ1) is 53.6. The fourth-order valence-electron chi connectivity index (χ4n) is 17.8. The molecule has 0 fully saturated rings. The second kappa shape index (κ2) is 24.7. The molecule has 0 radical (unpaired) electrons. The minimum absolute atomic E-state index is 1.16. The fourth-order valence-corrected chi connectivity index (χ4v) is 17.8. The van der Waals surface area contributed by atoms with Crippen molar-refractivity contribution in [1.82, 2.24) is 18.3 Å². The standard InChI is InChI=1S/C54H34N2.C50H32N2/c1-2-15-38(16-3-1)55-50-24-12-10-22-45(50)48-32-35(26-29-53(48)55)36-27-30-54-49(33-36)46-23-11-13-25-51(46)56(54)52-31-28-43(41-19-8-9-21-44(41)52)47-34-37-14-4-5-17-39(37)40-18-6-7-20-42(40)47;1-2-12-41(13-3-1)51-47-16-8-6-14-43(47)45-31-38(23-26-49(45)51)39-24-27-50-46(32-39)44-15-7-9-17-48(44)52(50)42-25-22-34-19-21-37(29-40(34)30-42)36-20-18-33-10-4-5-11-35(33)28-36/h1-34H;1-32H. The van der Waals surface area contributed by atoms with E-state index in [1.807, 2.05) is 0 Å². The third-order valence-electron chi connectivity index (χ3n) is 22.8. The van der Waals surface area contributed by atoms with Crippen molar-refractivity contribution in [1.29, 1.82) is 0 Å². The quantitative estimate of drug-likeness (QED) is 0.135. The summed E-state index contributed by atoms with van der Waals surface area (Å²) >= 11 is 0. The fraction of sp³-hybridized carbons (Fsp3) is 0. The van der Waals surface area contributed by atoms with Gasteiger partial charge in [0.1, 0.15) is 0 Å². The van der Waals surface area contributed by atoms with Gasteiger partial charge in [-0.3, -0.25) is 0 Å². The van der Waals surface area contributed by atoms with E-state index >= 15 is 0 Å². The van der Waals surface area contributed by atoms with Gasteiger partial charge < -0.3 is 18.3 Å². The molecule has 0 aliphatic heterocycles. The second-order valence-corrected chi connectivity index (χ2v) is 28.7. The number of fused-ring (bicyclic) bond motifs is 18. The molecule has 23 rings (SSSR count). The number of hydrogen-bond donors (Lipinski definition) is 0. The van der Waals surface area contributed by atoms with Crippen molar-refractivity contribution in [3.05, 3.63) is 400 Å². The Morgan fingerprint density at radius 2 is 0.454 bits per heavy atom. The highest BCUT2D eigenvalue weighted by molar-refractivity contribution is 6.19. The lowest BCUT2D eigenvalue weighted by molar-refractivity contribution is 1.18. The van der Waals surface area contributed by atoms with Crippen molar-refractivity contribution < 1.29 is 0 Å². The minimum Gasteiger partial charge on any atom is -0.309 e. The zero-order valence-corrected chi connectivity index (χ0v) is 58.9. The topological polar surface area (TPSA) is 19.7 Å². The van der Waals surface area contributed by atoms with Crippen LogP contribution in [0.1, 0.15) is 0 Å². The minimum atomic E-state index is 1.16. The molecule has 23 aromatic rings. The molecule has 0 atom stereocenters. The van der Waals surface area contributed by atoms with E-state index in [0.29, 0.717) is 0 Å². The maximum Gasteiger partial charge on any atom is 0.0541 e. The summed E-state index contributed by atoms with van der Waals surface area (Å²) in [7, 11) is 0. The molecule has 0 N–H and O–H groups in total. The molecule has 4 aromatic heterocycles. The number of aromatic nitrogens is 4. The summed E-state index contributed by atoms with van der Waals surface area (Å²) in [6, 6.07) is 147. The van der Waals surface area contributed by atoms with Gasteiger partial charge in [-0.25, -0.2) is 0 Å². The Morgan fingerprint density at radius 1 is 0.130 bits per heavy atom. The Labute approximate surface area is 622 Å². The van der Waals surface area contributed by atoms with Crippen LogP contribution in [0.5, 0.6) is 0 Å². The molecule has 4 heterocycles. The number of benzene rings is 19. The molecule has 4 nitrogen and oxygen atoms in total. The second-order valence-electron chi connectivity index (χ2n) is 28.7. The Hall–Kier alpha value is -14.3. The highest BCUT2D eigenvalue weighted by atomic mass is 15.0. The van der Waals surface area contributed by atoms with Crippen LogP contribution in [0.25, 0.3) is 208 Å². The Morgan fingerprint density at radius 3 is 0.954 bits per heavy atom. The van der Waals surface area contributed by atoms with Gasteiger partial charge in [-0.05, 0) is 226 Å². The van der Waals surface area contributed by atoms with Crippen molar-refractivity contribution in [3.8, 4) is 67.3 Å². The monoisotopic (exact) mass is 1370 g/mol. The zero-order chi connectivity index (χ0) is 70.9. The van der Waals surface area contributed by atoms with E-state index in [0.717, 1.165) is 5.69 Å². The molecule has 108 heavy (non-hydrogen) atoms. The molecule has 0 spiro atoms. The van der Waals surface area contributed by atoms with E-state index in [4.69, 9.17) is 0 Å². The molecular weight excluding hydrogens is 1310 g/mol. The third kappa shape index (κ3) is 9.78. The lowest BCUT2D eigenvalue weighted by atomic mass is 9.90. The summed E-state index contributed by atoms with van der Waals surface area (Å²) in [6.07, 6.45) is 0. The van der Waals surface area contributed by atoms with Crippen LogP contribution in [0.4, 0.5) is 0 Å². The van der Waals surface area contributed by atoms with Crippen molar-refractivity contribution in [2.24, 2.45) is 0 Å². The first-order valence-corrected chi connectivity index (χ1v) is 37.3. The van der Waals surface area contributed by atoms with E-state index in [1.165, 1.54) is 203 Å². The van der Waals surface area contributed by atoms with E-state index in [9.17, 15) is 0 Å². The molecule has 0 saturated heterocycles. The maximum absolute atomic E-state index is 2.47. The average molecular weight is 1370 g/mol. The van der Waals surface area contributed by atoms with Gasteiger partial charge in [-0.1, -0.05) is 267 Å². The SMILES string of the molecule is c1ccc(-n2c3ccccc3c3cc(-c4ccc5c(c4)c4ccccc4n5-c4ccc(-c5cc6ccccc6c6ccccc56)c5ccccc45)ccc32)cc1.c1ccc(-n2c3ccccc3c3cc(-c4ccc5c(c4)c4ccccc4n5-c4ccc5ccc(-c6ccc7ccccc7c6)cc5c4)ccc32)cc1. The number of rotatable bonds is 8. The summed E-state index contributed by atoms with van der Waals surface area (Å²) in [6.45, 7) is 0. The molecule has 0 aliphatic rings. The van der Waals surface area contributed by atoms with Gasteiger partial charge in [0.05, 0.1) is 49.8 Å². The zero-order valence-electron chi connectivity index (χ0n) is 58.9. The molecule has 4 heteroatoms. The predicted octanol–water partition coefficient (Wildman–Crippen LogP) is 28.2. The van der Waals surface area contributed by atoms with Gasteiger partial charge in [0.15, 0.2) is 0 Å². The van der Waals surface area contributed by atoms with Crippen LogP contribution >= 0.6 is 0 Å². The summed E-state index contributed by atoms with van der Waals surface area (Å²) in [5, 5.41) is 22.6. The van der Waals surface area contributed by atoms with Crippen LogP contribution in [0.15, 0.2) is 400 Å². The number of hydrogen-bond acceptors (Lipinski definition) is 0. The van der Waals surface area contributed by atoms with Crippen molar-refractivity contribution >= 4 is 141 Å². The van der Waals surface area contributed by atoms with Gasteiger partial charge in [-0.15, -0.1) is 0 Å². The lowest BCUT2D eigenvalue weighted by Gasteiger charge is -2.17. The van der Waals surface area contributed by atoms with Gasteiger partial charge in [0.25, 0.3) is 0 Å². The predicted molar refractivity (Wildman–Crippen MR) is 460 cm³/mol. The first-order valence-electron chi connectivity index (χ1n) is 37.3. The summed E-state index contributed by atoms with van der Waals surface area (Å²) in [5.41, 5.74) is 24.2. The normalized spacial score (nSPS) is 11.9. The molecule has 502 valence electrons. The van der Waals surface area contributed by atoms with Crippen LogP contribution in [0.3, 0.4) is 0 Å². The molecular formula is C104H66N4. The van der Waals surface area contributed by atoms with Gasteiger partial charge >= 0.3 is 0 Å². The largest absolute Gasteiger partial charge is 0.309 e. The van der Waals surface area contributed by atoms with E-state index in [2.05, 4.69) is 419 Å². The first kappa shape index (κ1) is 61.2. The third-order valence-corrected chi connectivity index (χ3v) is 22.8. The van der Waals surface area contributed by atoms with Crippen molar-refractivity contribution in [2.45, 2.75) is 0 Å². The van der Waals surface area contributed by atoms with Crippen LogP contribution < -0.4 is 0 Å². The molecule has 0 amide bonds. The van der Waals surface area contributed by atoms with Crippen molar-refractivity contribution in [3.63, 3.8) is 0 Å².